The van der Waals surface area contributed by atoms with E-state index in [2.05, 4.69) is 54.4 Å². The van der Waals surface area contributed by atoms with Gasteiger partial charge in [-0.3, -0.25) is 4.79 Å². The zero-order chi connectivity index (χ0) is 18.5. The number of nitrogens with zero attached hydrogens (tertiary/aromatic N) is 1. The third kappa shape index (κ3) is 4.34. The zero-order valence-corrected chi connectivity index (χ0v) is 16.1. The molecule has 1 amide bonds. The van der Waals surface area contributed by atoms with Crippen LogP contribution in [0.1, 0.15) is 41.3 Å². The average Bonchev–Trinajstić information content (AvgIpc) is 3.09. The van der Waals surface area contributed by atoms with Crippen molar-refractivity contribution in [2.75, 3.05) is 26.2 Å². The molecular formula is C23H30N2O. The van der Waals surface area contributed by atoms with Crippen molar-refractivity contribution in [1.82, 2.24) is 10.2 Å². The van der Waals surface area contributed by atoms with E-state index in [1.165, 1.54) is 5.56 Å². The van der Waals surface area contributed by atoms with Gasteiger partial charge in [0, 0.05) is 37.7 Å². The molecule has 1 aliphatic heterocycles. The molecule has 0 spiro atoms. The van der Waals surface area contributed by atoms with Crippen molar-refractivity contribution >= 4 is 5.91 Å². The molecule has 1 aliphatic rings. The predicted molar refractivity (Wildman–Crippen MR) is 107 cm³/mol. The van der Waals surface area contributed by atoms with Crippen LogP contribution in [0.5, 0.6) is 0 Å². The van der Waals surface area contributed by atoms with Crippen molar-refractivity contribution in [3.8, 4) is 0 Å². The Morgan fingerprint density at radius 3 is 2.46 bits per heavy atom. The summed E-state index contributed by atoms with van der Waals surface area (Å²) in [4.78, 5) is 15.3. The molecule has 138 valence electrons. The number of carbonyl (C=O) groups is 1. The number of nitrogens with one attached hydrogen (secondary N) is 1. The quantitative estimate of drug-likeness (QED) is 0.851. The fraction of sp³-hybridized carbons (Fsp3) is 0.435. The van der Waals surface area contributed by atoms with Crippen LogP contribution >= 0.6 is 0 Å². The van der Waals surface area contributed by atoms with Gasteiger partial charge in [0.2, 0.25) is 0 Å². The van der Waals surface area contributed by atoms with Gasteiger partial charge in [-0.25, -0.2) is 0 Å². The summed E-state index contributed by atoms with van der Waals surface area (Å²) in [5.41, 5.74) is 3.25. The van der Waals surface area contributed by atoms with E-state index in [0.717, 1.165) is 37.3 Å². The maximum absolute atomic E-state index is 13.2. The minimum absolute atomic E-state index is 0.163. The number of benzene rings is 2. The van der Waals surface area contributed by atoms with Crippen LogP contribution in [0.4, 0.5) is 0 Å². The molecule has 1 heterocycles. The SMILES string of the molecule is Cc1ccccc1C(=O)N(CC(C)C)CC1CNCC1c1ccccc1. The normalized spacial score (nSPS) is 19.7. The van der Waals surface area contributed by atoms with Gasteiger partial charge in [0.05, 0.1) is 0 Å². The first-order valence-corrected chi connectivity index (χ1v) is 9.67. The van der Waals surface area contributed by atoms with Crippen LogP contribution in [0.2, 0.25) is 0 Å². The lowest BCUT2D eigenvalue weighted by molar-refractivity contribution is 0.0705. The topological polar surface area (TPSA) is 32.3 Å². The van der Waals surface area contributed by atoms with Gasteiger partial charge < -0.3 is 10.2 Å². The van der Waals surface area contributed by atoms with Gasteiger partial charge in [-0.2, -0.15) is 0 Å². The molecular weight excluding hydrogens is 320 g/mol. The largest absolute Gasteiger partial charge is 0.338 e. The summed E-state index contributed by atoms with van der Waals surface area (Å²) in [7, 11) is 0. The molecule has 0 aromatic heterocycles. The van der Waals surface area contributed by atoms with Crippen LogP contribution in [-0.4, -0.2) is 37.0 Å². The summed E-state index contributed by atoms with van der Waals surface area (Å²) < 4.78 is 0. The molecule has 2 aromatic carbocycles. The smallest absolute Gasteiger partial charge is 0.254 e. The molecule has 1 fully saturated rings. The van der Waals surface area contributed by atoms with Gasteiger partial charge in [0.1, 0.15) is 0 Å². The summed E-state index contributed by atoms with van der Waals surface area (Å²) in [5.74, 6) is 1.53. The van der Waals surface area contributed by atoms with E-state index in [-0.39, 0.29) is 5.91 Å². The Bertz CT molecular complexity index is 726. The molecule has 3 rings (SSSR count). The van der Waals surface area contributed by atoms with Gasteiger partial charge in [-0.05, 0) is 36.0 Å². The minimum atomic E-state index is 0.163. The molecule has 2 aromatic rings. The molecule has 3 nitrogen and oxygen atoms in total. The highest BCUT2D eigenvalue weighted by Gasteiger charge is 2.31. The maximum atomic E-state index is 13.2. The van der Waals surface area contributed by atoms with Crippen molar-refractivity contribution in [3.05, 3.63) is 71.3 Å². The first-order chi connectivity index (χ1) is 12.6. The summed E-state index contributed by atoms with van der Waals surface area (Å²) in [5, 5.41) is 3.53. The third-order valence-corrected chi connectivity index (χ3v) is 5.27. The highest BCUT2D eigenvalue weighted by Crippen LogP contribution is 2.29. The lowest BCUT2D eigenvalue weighted by Gasteiger charge is -2.30. The Morgan fingerprint density at radius 1 is 1.08 bits per heavy atom. The summed E-state index contributed by atoms with van der Waals surface area (Å²) >= 11 is 0. The fourth-order valence-electron chi connectivity index (χ4n) is 3.96. The van der Waals surface area contributed by atoms with Gasteiger partial charge in [0.25, 0.3) is 5.91 Å². The van der Waals surface area contributed by atoms with Gasteiger partial charge in [-0.1, -0.05) is 62.4 Å². The zero-order valence-electron chi connectivity index (χ0n) is 16.1. The van der Waals surface area contributed by atoms with E-state index < -0.39 is 0 Å². The van der Waals surface area contributed by atoms with Crippen molar-refractivity contribution < 1.29 is 4.79 Å². The average molecular weight is 351 g/mol. The molecule has 1 saturated heterocycles. The monoisotopic (exact) mass is 350 g/mol. The van der Waals surface area contributed by atoms with Gasteiger partial charge in [0.15, 0.2) is 0 Å². The Balaban J connectivity index is 1.80. The van der Waals surface area contributed by atoms with E-state index in [1.807, 2.05) is 31.2 Å². The molecule has 2 unspecified atom stereocenters. The number of carbonyl (C=O) groups excluding carboxylic acids is 1. The van der Waals surface area contributed by atoms with E-state index in [0.29, 0.717) is 17.8 Å². The summed E-state index contributed by atoms with van der Waals surface area (Å²) in [6, 6.07) is 18.6. The fourth-order valence-corrected chi connectivity index (χ4v) is 3.96. The lowest BCUT2D eigenvalue weighted by atomic mass is 9.88. The van der Waals surface area contributed by atoms with E-state index in [9.17, 15) is 4.79 Å². The Morgan fingerprint density at radius 2 is 1.77 bits per heavy atom. The molecule has 2 atom stereocenters. The number of hydrogen-bond donors (Lipinski definition) is 1. The standard InChI is InChI=1S/C23H30N2O/c1-17(2)15-25(23(26)21-12-8-7-9-18(21)3)16-20-13-24-14-22(20)19-10-5-4-6-11-19/h4-12,17,20,22,24H,13-16H2,1-3H3. The van der Waals surface area contributed by atoms with Crippen molar-refractivity contribution in [1.29, 1.82) is 0 Å². The second kappa shape index (κ2) is 8.50. The lowest BCUT2D eigenvalue weighted by Crippen LogP contribution is -2.39. The first kappa shape index (κ1) is 18.7. The van der Waals surface area contributed by atoms with Crippen LogP contribution in [0.25, 0.3) is 0 Å². The maximum Gasteiger partial charge on any atom is 0.254 e. The Labute approximate surface area is 157 Å². The molecule has 3 heteroatoms. The molecule has 1 N–H and O–H groups in total. The van der Waals surface area contributed by atoms with Crippen LogP contribution in [-0.2, 0) is 0 Å². The molecule has 0 saturated carbocycles. The van der Waals surface area contributed by atoms with E-state index >= 15 is 0 Å². The molecule has 0 radical (unpaired) electrons. The van der Waals surface area contributed by atoms with Crippen LogP contribution in [0.15, 0.2) is 54.6 Å². The predicted octanol–water partition coefficient (Wildman–Crippen LogP) is 4.10. The second-order valence-electron chi connectivity index (χ2n) is 7.85. The number of aryl methyl sites for hydroxylation is 1. The molecule has 0 aliphatic carbocycles. The Hall–Kier alpha value is -2.13. The number of rotatable bonds is 6. The molecule has 26 heavy (non-hydrogen) atoms. The van der Waals surface area contributed by atoms with Crippen molar-refractivity contribution in [2.45, 2.75) is 26.7 Å². The summed E-state index contributed by atoms with van der Waals surface area (Å²) in [6.45, 7) is 9.94. The van der Waals surface area contributed by atoms with E-state index in [4.69, 9.17) is 0 Å². The van der Waals surface area contributed by atoms with Crippen LogP contribution in [0, 0.1) is 18.8 Å². The number of hydrogen-bond acceptors (Lipinski definition) is 2. The number of amides is 1. The van der Waals surface area contributed by atoms with Gasteiger partial charge in [-0.15, -0.1) is 0 Å². The van der Waals surface area contributed by atoms with Crippen LogP contribution in [0.3, 0.4) is 0 Å². The highest BCUT2D eigenvalue weighted by atomic mass is 16.2. The van der Waals surface area contributed by atoms with Crippen molar-refractivity contribution in [3.63, 3.8) is 0 Å². The van der Waals surface area contributed by atoms with E-state index in [1.54, 1.807) is 0 Å². The second-order valence-corrected chi connectivity index (χ2v) is 7.85. The van der Waals surface area contributed by atoms with Crippen molar-refractivity contribution in [2.24, 2.45) is 11.8 Å². The Kier molecular flexibility index (Phi) is 6.10. The minimum Gasteiger partial charge on any atom is -0.338 e. The van der Waals surface area contributed by atoms with Gasteiger partial charge >= 0.3 is 0 Å². The summed E-state index contributed by atoms with van der Waals surface area (Å²) in [6.07, 6.45) is 0. The highest BCUT2D eigenvalue weighted by molar-refractivity contribution is 5.95. The van der Waals surface area contributed by atoms with Crippen LogP contribution < -0.4 is 5.32 Å². The molecule has 0 bridgehead atoms. The third-order valence-electron chi connectivity index (χ3n) is 5.27. The first-order valence-electron chi connectivity index (χ1n) is 9.67.